The van der Waals surface area contributed by atoms with Gasteiger partial charge in [-0.05, 0) is 42.7 Å². The van der Waals surface area contributed by atoms with Crippen molar-refractivity contribution in [3.8, 4) is 0 Å². The van der Waals surface area contributed by atoms with Crippen LogP contribution in [0.15, 0.2) is 48.9 Å². The van der Waals surface area contributed by atoms with Gasteiger partial charge >= 0.3 is 0 Å². The van der Waals surface area contributed by atoms with Gasteiger partial charge in [0.05, 0.1) is 11.9 Å². The predicted octanol–water partition coefficient (Wildman–Crippen LogP) is 1.97. The third-order valence-electron chi connectivity index (χ3n) is 4.54. The Morgan fingerprint density at radius 2 is 2.00 bits per heavy atom. The van der Waals surface area contributed by atoms with E-state index in [1.54, 1.807) is 10.7 Å². The average Bonchev–Trinajstić information content (AvgIpc) is 3.25. The van der Waals surface area contributed by atoms with Crippen molar-refractivity contribution in [2.24, 2.45) is 5.73 Å². The SMILES string of the molecule is NCC1(c2ccc(C(=O)Nc3ccc4ncnn4c3)cc2)CC1. The Labute approximate surface area is 133 Å². The van der Waals surface area contributed by atoms with Crippen molar-refractivity contribution < 1.29 is 4.79 Å². The molecule has 1 fully saturated rings. The number of aromatic nitrogens is 3. The molecule has 1 aliphatic carbocycles. The van der Waals surface area contributed by atoms with Crippen molar-refractivity contribution in [1.29, 1.82) is 0 Å². The molecule has 0 saturated heterocycles. The fourth-order valence-corrected chi connectivity index (χ4v) is 2.83. The predicted molar refractivity (Wildman–Crippen MR) is 87.3 cm³/mol. The first-order chi connectivity index (χ1) is 11.2. The average molecular weight is 307 g/mol. The first-order valence-corrected chi connectivity index (χ1v) is 7.62. The fraction of sp³-hybridized carbons (Fsp3) is 0.235. The first kappa shape index (κ1) is 13.9. The normalized spacial score (nSPS) is 15.5. The van der Waals surface area contributed by atoms with E-state index in [-0.39, 0.29) is 11.3 Å². The molecule has 0 spiro atoms. The topological polar surface area (TPSA) is 85.3 Å². The number of fused-ring (bicyclic) bond motifs is 1. The van der Waals surface area contributed by atoms with Crippen LogP contribution in [-0.4, -0.2) is 27.0 Å². The van der Waals surface area contributed by atoms with E-state index in [0.29, 0.717) is 17.8 Å². The van der Waals surface area contributed by atoms with E-state index in [4.69, 9.17) is 5.73 Å². The number of pyridine rings is 1. The van der Waals surface area contributed by atoms with Crippen LogP contribution >= 0.6 is 0 Å². The molecular formula is C17H17N5O. The molecular weight excluding hydrogens is 290 g/mol. The van der Waals surface area contributed by atoms with Gasteiger partial charge in [0.15, 0.2) is 5.65 Å². The Morgan fingerprint density at radius 1 is 1.22 bits per heavy atom. The molecule has 0 unspecified atom stereocenters. The van der Waals surface area contributed by atoms with E-state index in [2.05, 4.69) is 15.4 Å². The molecule has 0 bridgehead atoms. The summed E-state index contributed by atoms with van der Waals surface area (Å²) in [6.45, 7) is 0.663. The fourth-order valence-electron chi connectivity index (χ4n) is 2.83. The summed E-state index contributed by atoms with van der Waals surface area (Å²) in [5.74, 6) is -0.145. The van der Waals surface area contributed by atoms with Gasteiger partial charge in [-0.15, -0.1) is 0 Å². The Morgan fingerprint density at radius 3 is 2.70 bits per heavy atom. The number of carbonyl (C=O) groups is 1. The molecule has 1 aliphatic rings. The molecule has 6 nitrogen and oxygen atoms in total. The molecule has 6 heteroatoms. The van der Waals surface area contributed by atoms with Gasteiger partial charge in [0.1, 0.15) is 6.33 Å². The van der Waals surface area contributed by atoms with Crippen LogP contribution in [0, 0.1) is 0 Å². The Kier molecular flexibility index (Phi) is 3.12. The van der Waals surface area contributed by atoms with Crippen molar-refractivity contribution in [1.82, 2.24) is 14.6 Å². The van der Waals surface area contributed by atoms with Crippen molar-refractivity contribution in [2.45, 2.75) is 18.3 Å². The van der Waals surface area contributed by atoms with E-state index in [1.165, 1.54) is 11.9 Å². The molecule has 23 heavy (non-hydrogen) atoms. The zero-order chi connectivity index (χ0) is 15.9. The van der Waals surface area contributed by atoms with Gasteiger partial charge in [0.2, 0.25) is 0 Å². The van der Waals surface area contributed by atoms with Crippen LogP contribution in [0.25, 0.3) is 5.65 Å². The second kappa shape index (κ2) is 5.17. The lowest BCUT2D eigenvalue weighted by molar-refractivity contribution is 0.102. The molecule has 0 radical (unpaired) electrons. The van der Waals surface area contributed by atoms with E-state index >= 15 is 0 Å². The van der Waals surface area contributed by atoms with Crippen LogP contribution in [0.2, 0.25) is 0 Å². The number of amides is 1. The summed E-state index contributed by atoms with van der Waals surface area (Å²) in [7, 11) is 0. The maximum atomic E-state index is 12.4. The molecule has 1 aromatic carbocycles. The Balaban J connectivity index is 1.52. The Bertz CT molecular complexity index is 864. The number of anilines is 1. The summed E-state index contributed by atoms with van der Waals surface area (Å²) >= 11 is 0. The maximum Gasteiger partial charge on any atom is 0.255 e. The van der Waals surface area contributed by atoms with Crippen LogP contribution in [-0.2, 0) is 5.41 Å². The van der Waals surface area contributed by atoms with Crippen LogP contribution in [0.5, 0.6) is 0 Å². The van der Waals surface area contributed by atoms with Gasteiger partial charge in [-0.25, -0.2) is 9.50 Å². The van der Waals surface area contributed by atoms with E-state index in [0.717, 1.165) is 18.5 Å². The molecule has 4 rings (SSSR count). The minimum Gasteiger partial charge on any atom is -0.330 e. The zero-order valence-electron chi connectivity index (χ0n) is 12.6. The number of nitrogens with zero attached hydrogens (tertiary/aromatic N) is 3. The maximum absolute atomic E-state index is 12.4. The summed E-state index contributed by atoms with van der Waals surface area (Å²) < 4.78 is 1.62. The molecule has 3 aromatic rings. The number of rotatable bonds is 4. The number of benzene rings is 1. The second-order valence-corrected chi connectivity index (χ2v) is 6.00. The number of nitrogens with one attached hydrogen (secondary N) is 1. The number of hydrogen-bond acceptors (Lipinski definition) is 4. The van der Waals surface area contributed by atoms with Gasteiger partial charge in [0.25, 0.3) is 5.91 Å². The molecule has 1 amide bonds. The van der Waals surface area contributed by atoms with E-state index < -0.39 is 0 Å². The molecule has 0 aliphatic heterocycles. The quantitative estimate of drug-likeness (QED) is 0.771. The molecule has 116 valence electrons. The minimum absolute atomic E-state index is 0.145. The number of carbonyl (C=O) groups excluding carboxylic acids is 1. The molecule has 2 heterocycles. The van der Waals surface area contributed by atoms with E-state index in [1.807, 2.05) is 36.4 Å². The van der Waals surface area contributed by atoms with Crippen molar-refractivity contribution in [2.75, 3.05) is 11.9 Å². The summed E-state index contributed by atoms with van der Waals surface area (Å²) in [6.07, 6.45) is 5.48. The monoisotopic (exact) mass is 307 g/mol. The lowest BCUT2D eigenvalue weighted by Gasteiger charge is -2.13. The molecule has 2 aromatic heterocycles. The molecule has 0 atom stereocenters. The highest BCUT2D eigenvalue weighted by atomic mass is 16.1. The minimum atomic E-state index is -0.145. The van der Waals surface area contributed by atoms with Crippen LogP contribution < -0.4 is 11.1 Å². The third kappa shape index (κ3) is 2.47. The highest BCUT2D eigenvalue weighted by Crippen LogP contribution is 2.47. The van der Waals surface area contributed by atoms with Crippen molar-refractivity contribution >= 4 is 17.2 Å². The molecule has 1 saturated carbocycles. The van der Waals surface area contributed by atoms with Gasteiger partial charge < -0.3 is 11.1 Å². The van der Waals surface area contributed by atoms with Crippen molar-refractivity contribution in [3.05, 3.63) is 60.0 Å². The summed E-state index contributed by atoms with van der Waals surface area (Å²) in [6, 6.07) is 11.3. The van der Waals surface area contributed by atoms with Crippen LogP contribution in [0.1, 0.15) is 28.8 Å². The zero-order valence-corrected chi connectivity index (χ0v) is 12.6. The smallest absolute Gasteiger partial charge is 0.255 e. The first-order valence-electron chi connectivity index (χ1n) is 7.62. The summed E-state index contributed by atoms with van der Waals surface area (Å²) in [5.41, 5.74) is 9.26. The lowest BCUT2D eigenvalue weighted by Crippen LogP contribution is -2.20. The molecule has 3 N–H and O–H groups in total. The highest BCUT2D eigenvalue weighted by molar-refractivity contribution is 6.04. The third-order valence-corrected chi connectivity index (χ3v) is 4.54. The number of nitrogens with two attached hydrogens (primary N) is 1. The summed E-state index contributed by atoms with van der Waals surface area (Å²) in [5, 5.41) is 6.93. The lowest BCUT2D eigenvalue weighted by atomic mass is 9.95. The van der Waals surface area contributed by atoms with Gasteiger partial charge in [-0.1, -0.05) is 12.1 Å². The largest absolute Gasteiger partial charge is 0.330 e. The van der Waals surface area contributed by atoms with Gasteiger partial charge in [-0.3, -0.25) is 4.79 Å². The second-order valence-electron chi connectivity index (χ2n) is 6.00. The van der Waals surface area contributed by atoms with Crippen molar-refractivity contribution in [3.63, 3.8) is 0 Å². The highest BCUT2D eigenvalue weighted by Gasteiger charge is 2.42. The van der Waals surface area contributed by atoms with E-state index in [9.17, 15) is 4.79 Å². The van der Waals surface area contributed by atoms with Crippen LogP contribution in [0.3, 0.4) is 0 Å². The standard InChI is InChI=1S/C17H17N5O/c18-10-17(7-8-17)13-3-1-12(2-4-13)16(23)21-14-5-6-15-19-11-20-22(15)9-14/h1-6,9,11H,7-8,10,18H2,(H,21,23). The Hall–Kier alpha value is -2.73. The summed E-state index contributed by atoms with van der Waals surface area (Å²) in [4.78, 5) is 16.4. The van der Waals surface area contributed by atoms with Gasteiger partial charge in [-0.2, -0.15) is 5.10 Å². The van der Waals surface area contributed by atoms with Gasteiger partial charge in [0, 0.05) is 17.5 Å². The number of hydrogen-bond donors (Lipinski definition) is 2. The van der Waals surface area contributed by atoms with Crippen LogP contribution in [0.4, 0.5) is 5.69 Å².